The van der Waals surface area contributed by atoms with Gasteiger partial charge in [-0.25, -0.2) is 4.68 Å². The number of ether oxygens (including phenoxy) is 1. The summed E-state index contributed by atoms with van der Waals surface area (Å²) in [6.45, 7) is 9.27. The first-order valence-corrected chi connectivity index (χ1v) is 10.9. The summed E-state index contributed by atoms with van der Waals surface area (Å²) in [6, 6.07) is 20.2. The van der Waals surface area contributed by atoms with Gasteiger partial charge >= 0.3 is 0 Å². The van der Waals surface area contributed by atoms with Gasteiger partial charge in [0.2, 0.25) is 5.88 Å². The van der Waals surface area contributed by atoms with Crippen LogP contribution in [-0.2, 0) is 13.6 Å². The van der Waals surface area contributed by atoms with Gasteiger partial charge in [-0.1, -0.05) is 54.6 Å². The van der Waals surface area contributed by atoms with Crippen molar-refractivity contribution in [2.75, 3.05) is 6.54 Å². The fourth-order valence-corrected chi connectivity index (χ4v) is 3.58. The fourth-order valence-electron chi connectivity index (χ4n) is 3.58. The maximum atomic E-state index is 10.5. The van der Waals surface area contributed by atoms with E-state index < -0.39 is 6.10 Å². The van der Waals surface area contributed by atoms with Gasteiger partial charge in [-0.2, -0.15) is 5.10 Å². The Morgan fingerprint density at radius 2 is 1.74 bits per heavy atom. The second-order valence-corrected chi connectivity index (χ2v) is 8.08. The van der Waals surface area contributed by atoms with E-state index >= 15 is 0 Å². The molecular weight excluding hydrogens is 386 g/mol. The number of aryl methyl sites for hydroxylation is 1. The van der Waals surface area contributed by atoms with Crippen molar-refractivity contribution in [3.63, 3.8) is 0 Å². The molecular formula is C26H33N3O2. The minimum absolute atomic E-state index is 0.256. The third-order valence-electron chi connectivity index (χ3n) is 5.33. The highest BCUT2D eigenvalue weighted by Crippen LogP contribution is 2.34. The number of benzene rings is 2. The van der Waals surface area contributed by atoms with E-state index in [9.17, 15) is 5.11 Å². The third kappa shape index (κ3) is 6.06. The van der Waals surface area contributed by atoms with Crippen LogP contribution in [0.15, 0.2) is 73.3 Å². The number of para-hydroxylation sites is 1. The number of rotatable bonds is 11. The van der Waals surface area contributed by atoms with Gasteiger partial charge in [-0.3, -0.25) is 4.90 Å². The second kappa shape index (κ2) is 10.9. The van der Waals surface area contributed by atoms with Crippen molar-refractivity contribution in [2.24, 2.45) is 7.05 Å². The number of hydrogen-bond acceptors (Lipinski definition) is 4. The SMILES string of the molecule is C=CCC[C@H](O)CN(Cc1c(-c2ccccc2)nn(C)c1Oc1ccccc1)C(C)C. The molecule has 0 bridgehead atoms. The first-order chi connectivity index (χ1) is 15.0. The quantitative estimate of drug-likeness (QED) is 0.422. The molecule has 3 aromatic rings. The Balaban J connectivity index is 1.97. The standard InChI is InChI=1S/C26H33N3O2/c1-5-6-15-22(30)18-29(20(2)3)19-24-25(21-13-9-7-10-14-21)27-28(4)26(24)31-23-16-11-8-12-17-23/h5,7-14,16-17,20,22,30H,1,6,15,18-19H2,2-4H3/t22-/m0/s1. The number of aliphatic hydroxyl groups excluding tert-OH is 1. The van der Waals surface area contributed by atoms with Crippen LogP contribution in [0, 0.1) is 0 Å². The molecule has 164 valence electrons. The lowest BCUT2D eigenvalue weighted by molar-refractivity contribution is 0.0851. The highest BCUT2D eigenvalue weighted by atomic mass is 16.5. The zero-order valence-corrected chi connectivity index (χ0v) is 18.7. The van der Waals surface area contributed by atoms with Crippen molar-refractivity contribution in [1.29, 1.82) is 0 Å². The molecule has 3 rings (SSSR count). The Kier molecular flexibility index (Phi) is 8.04. The molecule has 0 aliphatic heterocycles. The minimum Gasteiger partial charge on any atom is -0.439 e. The molecule has 1 aromatic heterocycles. The van der Waals surface area contributed by atoms with Crippen molar-refractivity contribution in [2.45, 2.75) is 45.4 Å². The van der Waals surface area contributed by atoms with Crippen LogP contribution in [0.3, 0.4) is 0 Å². The highest BCUT2D eigenvalue weighted by Gasteiger charge is 2.24. The number of allylic oxidation sites excluding steroid dienone is 1. The molecule has 1 heterocycles. The Labute approximate surface area is 185 Å². The molecule has 0 spiro atoms. The monoisotopic (exact) mass is 419 g/mol. The van der Waals surface area contributed by atoms with Gasteiger partial charge in [0.1, 0.15) is 11.4 Å². The van der Waals surface area contributed by atoms with Crippen LogP contribution >= 0.6 is 0 Å². The molecule has 0 radical (unpaired) electrons. The Hall–Kier alpha value is -2.89. The maximum Gasteiger partial charge on any atom is 0.222 e. The molecule has 0 aliphatic rings. The van der Waals surface area contributed by atoms with Crippen molar-refractivity contribution >= 4 is 0 Å². The van der Waals surface area contributed by atoms with Crippen LogP contribution in [0.4, 0.5) is 0 Å². The van der Waals surface area contributed by atoms with Gasteiger partial charge in [0, 0.05) is 31.7 Å². The van der Waals surface area contributed by atoms with Crippen LogP contribution in [0.25, 0.3) is 11.3 Å². The summed E-state index contributed by atoms with van der Waals surface area (Å²) in [5.74, 6) is 1.49. The van der Waals surface area contributed by atoms with Gasteiger partial charge in [0.05, 0.1) is 11.7 Å². The summed E-state index contributed by atoms with van der Waals surface area (Å²) in [5, 5.41) is 15.3. The molecule has 1 atom stereocenters. The molecule has 0 fully saturated rings. The van der Waals surface area contributed by atoms with E-state index in [0.29, 0.717) is 19.5 Å². The molecule has 5 nitrogen and oxygen atoms in total. The highest BCUT2D eigenvalue weighted by molar-refractivity contribution is 5.65. The molecule has 0 saturated carbocycles. The predicted octanol–water partition coefficient (Wildman–Crippen LogP) is 5.42. The van der Waals surface area contributed by atoms with E-state index in [0.717, 1.165) is 34.9 Å². The lowest BCUT2D eigenvalue weighted by Crippen LogP contribution is -2.37. The minimum atomic E-state index is -0.407. The van der Waals surface area contributed by atoms with Crippen LogP contribution in [0.1, 0.15) is 32.3 Å². The third-order valence-corrected chi connectivity index (χ3v) is 5.33. The molecule has 5 heteroatoms. The Morgan fingerprint density at radius 3 is 2.35 bits per heavy atom. The normalized spacial score (nSPS) is 12.3. The van der Waals surface area contributed by atoms with E-state index in [1.807, 2.05) is 61.7 Å². The largest absolute Gasteiger partial charge is 0.439 e. The topological polar surface area (TPSA) is 50.5 Å². The maximum absolute atomic E-state index is 10.5. The lowest BCUT2D eigenvalue weighted by atomic mass is 10.1. The van der Waals surface area contributed by atoms with Gasteiger partial charge in [-0.05, 0) is 38.8 Å². The van der Waals surface area contributed by atoms with Crippen molar-refractivity contribution in [1.82, 2.24) is 14.7 Å². The van der Waals surface area contributed by atoms with Gasteiger partial charge in [-0.15, -0.1) is 6.58 Å². The summed E-state index contributed by atoms with van der Waals surface area (Å²) in [4.78, 5) is 2.27. The first-order valence-electron chi connectivity index (χ1n) is 10.9. The number of aliphatic hydroxyl groups is 1. The van der Waals surface area contributed by atoms with E-state index in [1.54, 1.807) is 4.68 Å². The molecule has 31 heavy (non-hydrogen) atoms. The van der Waals surface area contributed by atoms with E-state index in [4.69, 9.17) is 9.84 Å². The number of nitrogens with zero attached hydrogens (tertiary/aromatic N) is 3. The summed E-state index contributed by atoms with van der Waals surface area (Å²) in [6.07, 6.45) is 2.95. The summed E-state index contributed by atoms with van der Waals surface area (Å²) in [7, 11) is 1.91. The average Bonchev–Trinajstić information content (AvgIpc) is 3.08. The van der Waals surface area contributed by atoms with E-state index in [1.165, 1.54) is 0 Å². The smallest absolute Gasteiger partial charge is 0.222 e. The summed E-state index contributed by atoms with van der Waals surface area (Å²) < 4.78 is 8.09. The van der Waals surface area contributed by atoms with Crippen LogP contribution in [-0.4, -0.2) is 38.5 Å². The van der Waals surface area contributed by atoms with Gasteiger partial charge in [0.25, 0.3) is 0 Å². The molecule has 0 amide bonds. The predicted molar refractivity (Wildman–Crippen MR) is 126 cm³/mol. The van der Waals surface area contributed by atoms with Gasteiger partial charge < -0.3 is 9.84 Å². The summed E-state index contributed by atoms with van der Waals surface area (Å²) >= 11 is 0. The van der Waals surface area contributed by atoms with Crippen LogP contribution < -0.4 is 4.74 Å². The van der Waals surface area contributed by atoms with E-state index in [2.05, 4.69) is 37.5 Å². The van der Waals surface area contributed by atoms with Crippen molar-refractivity contribution < 1.29 is 9.84 Å². The fraction of sp³-hybridized carbons (Fsp3) is 0.346. The first kappa shape index (κ1) is 22.8. The number of aromatic nitrogens is 2. The average molecular weight is 420 g/mol. The van der Waals surface area contributed by atoms with Crippen LogP contribution in [0.5, 0.6) is 11.6 Å². The molecule has 0 unspecified atom stereocenters. The van der Waals surface area contributed by atoms with Gasteiger partial charge in [0.15, 0.2) is 0 Å². The van der Waals surface area contributed by atoms with Crippen LogP contribution in [0.2, 0.25) is 0 Å². The zero-order chi connectivity index (χ0) is 22.2. The number of hydrogen-bond donors (Lipinski definition) is 1. The summed E-state index contributed by atoms with van der Waals surface area (Å²) in [5.41, 5.74) is 2.97. The molecule has 0 saturated heterocycles. The van der Waals surface area contributed by atoms with E-state index in [-0.39, 0.29) is 6.04 Å². The Morgan fingerprint density at radius 1 is 1.10 bits per heavy atom. The van der Waals surface area contributed by atoms with Crippen molar-refractivity contribution in [3.8, 4) is 22.9 Å². The molecule has 0 aliphatic carbocycles. The van der Waals surface area contributed by atoms with Crippen molar-refractivity contribution in [3.05, 3.63) is 78.9 Å². The molecule has 2 aromatic carbocycles. The second-order valence-electron chi connectivity index (χ2n) is 8.08. The Bertz CT molecular complexity index is 952. The lowest BCUT2D eigenvalue weighted by Gasteiger charge is -2.29. The molecule has 1 N–H and O–H groups in total. The zero-order valence-electron chi connectivity index (χ0n) is 18.7.